The zero-order valence-electron chi connectivity index (χ0n) is 13.1. The molecule has 2 heterocycles. The van der Waals surface area contributed by atoms with Crippen molar-refractivity contribution in [2.24, 2.45) is 0 Å². The smallest absolute Gasteiger partial charge is 0.214 e. The molecule has 0 bridgehead atoms. The van der Waals surface area contributed by atoms with E-state index in [0.717, 1.165) is 29.6 Å². The number of aromatic hydroxyl groups is 1. The number of pyridine rings is 1. The predicted octanol–water partition coefficient (Wildman–Crippen LogP) is 3.24. The van der Waals surface area contributed by atoms with Crippen LogP contribution in [0.2, 0.25) is 0 Å². The molecule has 2 aromatic rings. The highest BCUT2D eigenvalue weighted by molar-refractivity contribution is 5.80. The third-order valence-corrected chi connectivity index (χ3v) is 3.86. The Balaban J connectivity index is 2.20. The first-order valence-electron chi connectivity index (χ1n) is 7.32. The fourth-order valence-electron chi connectivity index (χ4n) is 2.74. The molecule has 0 radical (unpaired) electrons. The summed E-state index contributed by atoms with van der Waals surface area (Å²) in [7, 11) is 0. The third-order valence-electron chi connectivity index (χ3n) is 3.86. The summed E-state index contributed by atoms with van der Waals surface area (Å²) in [5.41, 5.74) is 3.86. The molecule has 4 heteroatoms. The number of H-pyrrole nitrogens is 1. The highest BCUT2D eigenvalue weighted by atomic mass is 16.3. The number of rotatable bonds is 5. The molecule has 0 fully saturated rings. The van der Waals surface area contributed by atoms with Crippen molar-refractivity contribution in [3.63, 3.8) is 0 Å². The first-order chi connectivity index (χ1) is 9.40. The minimum atomic E-state index is 0.128. The van der Waals surface area contributed by atoms with Crippen LogP contribution in [0.3, 0.4) is 0 Å². The lowest BCUT2D eigenvalue weighted by Gasteiger charge is -2.30. The lowest BCUT2D eigenvalue weighted by molar-refractivity contribution is 0.177. The van der Waals surface area contributed by atoms with Gasteiger partial charge >= 0.3 is 0 Å². The normalized spacial score (nSPS) is 12.2. The number of aromatic nitrogens is 2. The fraction of sp³-hybridized carbons (Fsp3) is 0.562. The van der Waals surface area contributed by atoms with E-state index in [1.165, 1.54) is 5.56 Å². The van der Waals surface area contributed by atoms with Gasteiger partial charge < -0.3 is 10.1 Å². The first-order valence-corrected chi connectivity index (χ1v) is 7.32. The van der Waals surface area contributed by atoms with E-state index >= 15 is 0 Å². The Hall–Kier alpha value is -1.55. The molecule has 2 aromatic heterocycles. The van der Waals surface area contributed by atoms with Gasteiger partial charge in [0, 0.05) is 30.4 Å². The van der Waals surface area contributed by atoms with Crippen LogP contribution in [0.15, 0.2) is 12.3 Å². The number of hydrogen-bond donors (Lipinski definition) is 2. The third kappa shape index (κ3) is 2.96. The number of fused-ring (bicyclic) bond motifs is 1. The molecule has 2 N–H and O–H groups in total. The van der Waals surface area contributed by atoms with Gasteiger partial charge in [-0.25, -0.2) is 4.98 Å². The van der Waals surface area contributed by atoms with E-state index in [1.54, 1.807) is 0 Å². The molecule has 0 atom stereocenters. The Bertz CT molecular complexity index is 579. The Morgan fingerprint density at radius 3 is 2.50 bits per heavy atom. The van der Waals surface area contributed by atoms with E-state index in [1.807, 2.05) is 19.2 Å². The summed E-state index contributed by atoms with van der Waals surface area (Å²) >= 11 is 0. The molecule has 20 heavy (non-hydrogen) atoms. The van der Waals surface area contributed by atoms with Gasteiger partial charge in [-0.05, 0) is 52.7 Å². The molecule has 0 aromatic carbocycles. The maximum Gasteiger partial charge on any atom is 0.214 e. The predicted molar refractivity (Wildman–Crippen MR) is 83.2 cm³/mol. The van der Waals surface area contributed by atoms with E-state index in [0.29, 0.717) is 12.1 Å². The summed E-state index contributed by atoms with van der Waals surface area (Å²) in [4.78, 5) is 10.0. The molecule has 0 spiro atoms. The molecule has 0 unspecified atom stereocenters. The fourth-order valence-corrected chi connectivity index (χ4v) is 2.74. The Labute approximate surface area is 120 Å². The highest BCUT2D eigenvalue weighted by Crippen LogP contribution is 2.23. The number of hydrogen-bond acceptors (Lipinski definition) is 3. The zero-order valence-corrected chi connectivity index (χ0v) is 13.1. The number of aryl methyl sites for hydroxylation is 1. The molecule has 110 valence electrons. The van der Waals surface area contributed by atoms with Crippen molar-refractivity contribution in [1.29, 1.82) is 0 Å². The molecule has 0 aliphatic heterocycles. The summed E-state index contributed by atoms with van der Waals surface area (Å²) < 4.78 is 0. The molecule has 0 aliphatic rings. The quantitative estimate of drug-likeness (QED) is 0.880. The Morgan fingerprint density at radius 1 is 1.25 bits per heavy atom. The van der Waals surface area contributed by atoms with Crippen molar-refractivity contribution in [3.05, 3.63) is 23.4 Å². The van der Waals surface area contributed by atoms with Crippen LogP contribution < -0.4 is 0 Å². The summed E-state index contributed by atoms with van der Waals surface area (Å²) in [6.45, 7) is 11.8. The molecule has 0 saturated heterocycles. The Morgan fingerprint density at radius 2 is 1.90 bits per heavy atom. The molecule has 0 amide bonds. The molecule has 0 aliphatic carbocycles. The summed E-state index contributed by atoms with van der Waals surface area (Å²) in [5.74, 6) is 0.128. The van der Waals surface area contributed by atoms with Gasteiger partial charge in [-0.15, -0.1) is 0 Å². The zero-order chi connectivity index (χ0) is 14.9. The SMILES string of the molecule is Cc1cc2[nH]cc(CCN(C(C)C)C(C)C)c2nc1O. The first kappa shape index (κ1) is 14.9. The van der Waals surface area contributed by atoms with Crippen LogP contribution in [0, 0.1) is 6.92 Å². The van der Waals surface area contributed by atoms with Gasteiger partial charge in [0.05, 0.1) is 11.0 Å². The van der Waals surface area contributed by atoms with Crippen molar-refractivity contribution in [2.45, 2.75) is 53.1 Å². The van der Waals surface area contributed by atoms with Gasteiger partial charge in [0.2, 0.25) is 5.88 Å². The lowest BCUT2D eigenvalue weighted by atomic mass is 10.1. The second-order valence-corrected chi connectivity index (χ2v) is 6.01. The Kier molecular flexibility index (Phi) is 4.33. The second-order valence-electron chi connectivity index (χ2n) is 6.01. The van der Waals surface area contributed by atoms with E-state index in [-0.39, 0.29) is 5.88 Å². The summed E-state index contributed by atoms with van der Waals surface area (Å²) in [6.07, 6.45) is 2.95. The molecule has 0 saturated carbocycles. The van der Waals surface area contributed by atoms with Crippen LogP contribution in [0.4, 0.5) is 0 Å². The second kappa shape index (κ2) is 5.83. The number of nitrogens with zero attached hydrogens (tertiary/aromatic N) is 2. The van der Waals surface area contributed by atoms with Crippen molar-refractivity contribution in [1.82, 2.24) is 14.9 Å². The van der Waals surface area contributed by atoms with E-state index in [2.05, 4.69) is 42.6 Å². The van der Waals surface area contributed by atoms with Crippen LogP contribution in [0.25, 0.3) is 11.0 Å². The van der Waals surface area contributed by atoms with Crippen LogP contribution in [0.5, 0.6) is 5.88 Å². The van der Waals surface area contributed by atoms with Crippen molar-refractivity contribution < 1.29 is 5.11 Å². The molecular formula is C16H25N3O. The average molecular weight is 275 g/mol. The maximum absolute atomic E-state index is 9.78. The standard InChI is InChI=1S/C16H25N3O/c1-10(2)19(11(3)4)7-6-13-9-17-14-8-12(5)16(20)18-15(13)14/h8-11,17H,6-7H2,1-5H3,(H,18,20). The van der Waals surface area contributed by atoms with E-state index < -0.39 is 0 Å². The van der Waals surface area contributed by atoms with Crippen LogP contribution in [0.1, 0.15) is 38.8 Å². The van der Waals surface area contributed by atoms with Crippen molar-refractivity contribution in [3.8, 4) is 5.88 Å². The van der Waals surface area contributed by atoms with Gasteiger partial charge in [0.15, 0.2) is 0 Å². The van der Waals surface area contributed by atoms with Crippen LogP contribution in [-0.4, -0.2) is 38.6 Å². The summed E-state index contributed by atoms with van der Waals surface area (Å²) in [5, 5.41) is 9.78. The largest absolute Gasteiger partial charge is 0.493 e. The lowest BCUT2D eigenvalue weighted by Crippen LogP contribution is -2.38. The molecular weight excluding hydrogens is 250 g/mol. The molecule has 2 rings (SSSR count). The van der Waals surface area contributed by atoms with Gasteiger partial charge in [0.1, 0.15) is 0 Å². The van der Waals surface area contributed by atoms with Crippen LogP contribution in [-0.2, 0) is 6.42 Å². The van der Waals surface area contributed by atoms with E-state index in [4.69, 9.17) is 0 Å². The van der Waals surface area contributed by atoms with E-state index in [9.17, 15) is 5.11 Å². The number of aromatic amines is 1. The van der Waals surface area contributed by atoms with Crippen LogP contribution >= 0.6 is 0 Å². The maximum atomic E-state index is 9.78. The van der Waals surface area contributed by atoms with Gasteiger partial charge in [-0.3, -0.25) is 4.90 Å². The van der Waals surface area contributed by atoms with Crippen molar-refractivity contribution in [2.75, 3.05) is 6.54 Å². The monoisotopic (exact) mass is 275 g/mol. The van der Waals surface area contributed by atoms with Gasteiger partial charge in [0.25, 0.3) is 0 Å². The van der Waals surface area contributed by atoms with Gasteiger partial charge in [-0.1, -0.05) is 0 Å². The minimum Gasteiger partial charge on any atom is -0.493 e. The minimum absolute atomic E-state index is 0.128. The van der Waals surface area contributed by atoms with Gasteiger partial charge in [-0.2, -0.15) is 0 Å². The highest BCUT2D eigenvalue weighted by Gasteiger charge is 2.15. The average Bonchev–Trinajstić information content (AvgIpc) is 2.72. The number of nitrogens with one attached hydrogen (secondary N) is 1. The summed E-state index contributed by atoms with van der Waals surface area (Å²) in [6, 6.07) is 3.01. The van der Waals surface area contributed by atoms with Crippen molar-refractivity contribution >= 4 is 11.0 Å². The molecule has 4 nitrogen and oxygen atoms in total. The topological polar surface area (TPSA) is 52.2 Å².